The Morgan fingerprint density at radius 1 is 0.733 bits per heavy atom. The van der Waals surface area contributed by atoms with Crippen LogP contribution in [0.15, 0.2) is 48.8 Å². The molecule has 4 radical (unpaired) electrons. The molecule has 0 aliphatic rings. The second-order valence-corrected chi connectivity index (χ2v) is 2.43. The zero-order valence-corrected chi connectivity index (χ0v) is 15.1. The molecule has 15 heavy (non-hydrogen) atoms. The normalized spacial score (nSPS) is 7.73. The third-order valence-corrected chi connectivity index (χ3v) is 1.59. The fourth-order valence-corrected chi connectivity index (χ4v) is 1.03. The molecule has 78 valence electrons. The van der Waals surface area contributed by atoms with E-state index in [-0.39, 0.29) is 69.7 Å². The molecule has 0 aliphatic heterocycles. The van der Waals surface area contributed by atoms with Crippen molar-refractivity contribution in [2.24, 2.45) is 0 Å². The van der Waals surface area contributed by atoms with E-state index in [1.54, 1.807) is 12.4 Å². The van der Waals surface area contributed by atoms with Gasteiger partial charge in [0.15, 0.2) is 0 Å². The summed E-state index contributed by atoms with van der Waals surface area (Å²) in [6, 6.07) is 11.6. The number of pyridine rings is 2. The van der Waals surface area contributed by atoms with Crippen LogP contribution in [0.4, 0.5) is 0 Å². The minimum atomic E-state index is 0. The van der Waals surface area contributed by atoms with Gasteiger partial charge in [-0.1, -0.05) is 12.1 Å². The molecule has 0 amide bonds. The van der Waals surface area contributed by atoms with Crippen LogP contribution in [0.3, 0.4) is 0 Å². The number of rotatable bonds is 1. The third-order valence-electron chi connectivity index (χ3n) is 1.59. The van der Waals surface area contributed by atoms with Gasteiger partial charge in [-0.25, -0.2) is 0 Å². The molecule has 0 saturated carbocycles. The summed E-state index contributed by atoms with van der Waals surface area (Å²) < 4.78 is 0. The molecule has 0 N–H and O–H groups in total. The molecule has 2 aromatic heterocycles. The van der Waals surface area contributed by atoms with E-state index in [4.69, 9.17) is 0 Å². The Hall–Kier alpha value is 0.536. The van der Waals surface area contributed by atoms with E-state index < -0.39 is 0 Å². The van der Waals surface area contributed by atoms with E-state index in [1.165, 1.54) is 0 Å². The van der Waals surface area contributed by atoms with Gasteiger partial charge in [0.05, 0.1) is 11.4 Å². The van der Waals surface area contributed by atoms with Crippen molar-refractivity contribution in [1.82, 2.24) is 9.97 Å². The Bertz CT molecular complexity index is 321. The van der Waals surface area contributed by atoms with Crippen LogP contribution in [0.2, 0.25) is 0 Å². The third kappa shape index (κ3) is 5.42. The Morgan fingerprint density at radius 3 is 1.40 bits per heavy atom. The fraction of sp³-hybridized carbons (Fsp3) is 0. The van der Waals surface area contributed by atoms with E-state index in [0.29, 0.717) is 0 Å². The van der Waals surface area contributed by atoms with Crippen LogP contribution in [-0.2, 0) is 19.5 Å². The number of nitrogens with zero attached hydrogens (tertiary/aromatic N) is 2. The van der Waals surface area contributed by atoms with Crippen molar-refractivity contribution < 1.29 is 19.5 Å². The summed E-state index contributed by atoms with van der Waals surface area (Å²) in [5.41, 5.74) is 1.83. The van der Waals surface area contributed by atoms with Crippen LogP contribution in [-0.4, -0.2) is 36.2 Å². The van der Waals surface area contributed by atoms with Crippen molar-refractivity contribution in [3.63, 3.8) is 0 Å². The second-order valence-electron chi connectivity index (χ2n) is 2.43. The van der Waals surface area contributed by atoms with Gasteiger partial charge in [-0.05, 0) is 24.3 Å². The molecule has 0 atom stereocenters. The van der Waals surface area contributed by atoms with Crippen molar-refractivity contribution in [3.8, 4) is 11.4 Å². The largest absolute Gasteiger partial charge is 0.255 e. The topological polar surface area (TPSA) is 25.8 Å². The van der Waals surface area contributed by atoms with Gasteiger partial charge in [0.25, 0.3) is 0 Å². The Kier molecular flexibility index (Phi) is 11.6. The monoisotopic (exact) mass is 594 g/mol. The van der Waals surface area contributed by atoms with Crippen molar-refractivity contribution in [3.05, 3.63) is 48.8 Å². The molecule has 5 heteroatoms. The molecule has 0 bridgehead atoms. The van der Waals surface area contributed by atoms with E-state index in [0.717, 1.165) is 11.4 Å². The molecule has 0 saturated heterocycles. The maximum atomic E-state index is 4.19. The Morgan fingerprint density at radius 2 is 1.13 bits per heavy atom. The number of hydrogen-bond donors (Lipinski definition) is 0. The minimum Gasteiger partial charge on any atom is -0.255 e. The number of aromatic nitrogens is 2. The number of hydrogen-bond acceptors (Lipinski definition) is 2. The van der Waals surface area contributed by atoms with E-state index >= 15 is 0 Å². The predicted molar refractivity (Wildman–Crippen MR) is 67.2 cm³/mol. The first-order chi connectivity index (χ1) is 5.97. The predicted octanol–water partition coefficient (Wildman–Crippen LogP) is 2.65. The zero-order valence-electron chi connectivity index (χ0n) is 7.69. The van der Waals surface area contributed by atoms with Gasteiger partial charge in [-0.15, -0.1) is 0 Å². The van der Waals surface area contributed by atoms with Gasteiger partial charge >= 0.3 is 0 Å². The first-order valence-corrected chi connectivity index (χ1v) is 3.79. The van der Waals surface area contributed by atoms with Crippen LogP contribution in [0.25, 0.3) is 11.4 Å². The van der Waals surface area contributed by atoms with Crippen LogP contribution in [0.1, 0.15) is 0 Å². The first-order valence-electron chi connectivity index (χ1n) is 3.79. The smallest absolute Gasteiger partial charge is 0.0886 e. The average molecular weight is 593 g/mol. The molecule has 0 aromatic carbocycles. The van der Waals surface area contributed by atoms with Gasteiger partial charge in [0.1, 0.15) is 0 Å². The summed E-state index contributed by atoms with van der Waals surface area (Å²) in [5.74, 6) is 0. The van der Waals surface area contributed by atoms with Crippen molar-refractivity contribution in [1.29, 1.82) is 0 Å². The quantitative estimate of drug-likeness (QED) is 0.376. The van der Waals surface area contributed by atoms with Gasteiger partial charge < -0.3 is 0 Å². The molecule has 2 nitrogen and oxygen atoms in total. The Labute approximate surface area is 138 Å². The summed E-state index contributed by atoms with van der Waals surface area (Å²) in [4.78, 5) is 8.37. The molecular weight excluding hydrogens is 585 g/mol. The fourth-order valence-electron chi connectivity index (χ4n) is 1.03. The van der Waals surface area contributed by atoms with Crippen molar-refractivity contribution in [2.75, 3.05) is 0 Å². The summed E-state index contributed by atoms with van der Waals surface area (Å²) in [6.45, 7) is 0. The Balaban J connectivity index is 0. The SMILES string of the molecule is [Bi].[I].[Ru].c1ccc(-c2ccccn2)nc1. The molecule has 2 aromatic rings. The molecule has 2 heterocycles. The van der Waals surface area contributed by atoms with Gasteiger partial charge in [-0.3, -0.25) is 9.97 Å². The van der Waals surface area contributed by atoms with Crippen LogP contribution < -0.4 is 0 Å². The number of halogens is 1. The van der Waals surface area contributed by atoms with Crippen LogP contribution in [0.5, 0.6) is 0 Å². The van der Waals surface area contributed by atoms with E-state index in [9.17, 15) is 0 Å². The first kappa shape index (κ1) is 17.9. The molecular formula is C10H8BiIN2Ru. The second kappa shape index (κ2) is 9.74. The van der Waals surface area contributed by atoms with E-state index in [1.807, 2.05) is 36.4 Å². The zero-order chi connectivity index (χ0) is 8.23. The summed E-state index contributed by atoms with van der Waals surface area (Å²) in [7, 11) is 0. The molecule has 0 unspecified atom stereocenters. The van der Waals surface area contributed by atoms with Crippen LogP contribution in [0, 0.1) is 0 Å². The summed E-state index contributed by atoms with van der Waals surface area (Å²) >= 11 is 0. The summed E-state index contributed by atoms with van der Waals surface area (Å²) in [6.07, 6.45) is 3.54. The van der Waals surface area contributed by atoms with Crippen molar-refractivity contribution in [2.45, 2.75) is 0 Å². The molecule has 0 fully saturated rings. The average Bonchev–Trinajstić information content (AvgIpc) is 2.21. The van der Waals surface area contributed by atoms with Crippen LogP contribution >= 0.6 is 24.0 Å². The summed E-state index contributed by atoms with van der Waals surface area (Å²) in [5, 5.41) is 0. The molecule has 0 aliphatic carbocycles. The van der Waals surface area contributed by atoms with E-state index in [2.05, 4.69) is 9.97 Å². The van der Waals surface area contributed by atoms with Gasteiger partial charge in [-0.2, -0.15) is 0 Å². The molecule has 2 rings (SSSR count). The van der Waals surface area contributed by atoms with Gasteiger partial charge in [0, 0.05) is 82.1 Å². The standard InChI is InChI=1S/C10H8N2.Bi.I.Ru/c1-3-7-11-9(5-1)10-6-2-4-8-12-10;;;/h1-8H;;;. The van der Waals surface area contributed by atoms with Crippen molar-refractivity contribution >= 4 is 50.2 Å². The minimum absolute atomic E-state index is 0. The maximum Gasteiger partial charge on any atom is 0.0886 e. The van der Waals surface area contributed by atoms with Gasteiger partial charge in [0.2, 0.25) is 0 Å². The maximum absolute atomic E-state index is 4.19. The molecule has 0 spiro atoms.